The van der Waals surface area contributed by atoms with E-state index in [-0.39, 0.29) is 32.3 Å². The summed E-state index contributed by atoms with van der Waals surface area (Å²) in [4.78, 5) is 316. The lowest BCUT2D eigenvalue weighted by atomic mass is 9.98. The van der Waals surface area contributed by atoms with Gasteiger partial charge in [-0.1, -0.05) is 48.5 Å². The number of amides is 14. The number of benzene rings is 2. The second kappa shape index (κ2) is 57.7. The van der Waals surface area contributed by atoms with Crippen LogP contribution in [0.4, 0.5) is 4.79 Å². The third-order valence-electron chi connectivity index (χ3n) is 19.5. The molecular formula is C99H150N14O33. The molecule has 0 saturated heterocycles. The Morgan fingerprint density at radius 3 is 0.747 bits per heavy atom. The van der Waals surface area contributed by atoms with Gasteiger partial charge < -0.3 is 122 Å². The number of ether oxygens (including phenoxy) is 9. The lowest BCUT2D eigenvalue weighted by Crippen LogP contribution is -2.58. The number of hydrogen-bond acceptors (Lipinski definition) is 32. The van der Waals surface area contributed by atoms with Gasteiger partial charge in [0.15, 0.2) is 0 Å². The highest BCUT2D eigenvalue weighted by Crippen LogP contribution is 2.44. The molecule has 0 fully saturated rings. The average Bonchev–Trinajstić information content (AvgIpc) is 1.61. The van der Waals surface area contributed by atoms with Crippen molar-refractivity contribution >= 4 is 137 Å². The van der Waals surface area contributed by atoms with E-state index in [4.69, 9.17) is 42.6 Å². The summed E-state index contributed by atoms with van der Waals surface area (Å²) in [5, 5.41) is 42.0. The molecule has 3 rings (SSSR count). The van der Waals surface area contributed by atoms with E-state index >= 15 is 9.59 Å². The Hall–Kier alpha value is -13.9. The van der Waals surface area contributed by atoms with E-state index in [0.717, 1.165) is 22.3 Å². The number of esters is 8. The van der Waals surface area contributed by atoms with Crippen LogP contribution in [0.15, 0.2) is 48.5 Å². The fourth-order valence-corrected chi connectivity index (χ4v) is 13.5. The molecule has 15 N–H and O–H groups in total. The monoisotopic (exact) mass is 2060 g/mol. The lowest BCUT2D eigenvalue weighted by molar-refractivity contribution is -0.161. The third-order valence-corrected chi connectivity index (χ3v) is 19.5. The number of fused-ring (bicyclic) bond motifs is 3. The van der Waals surface area contributed by atoms with Crippen molar-refractivity contribution in [2.45, 2.75) is 368 Å². The van der Waals surface area contributed by atoms with Gasteiger partial charge in [-0.25, -0.2) is 24.0 Å². The highest BCUT2D eigenvalue weighted by atomic mass is 16.6. The Bertz CT molecular complexity index is 4910. The molecule has 0 aromatic heterocycles. The van der Waals surface area contributed by atoms with Gasteiger partial charge in [0.2, 0.25) is 76.8 Å². The van der Waals surface area contributed by atoms with E-state index in [9.17, 15) is 106 Å². The summed E-state index contributed by atoms with van der Waals surface area (Å²) in [5.74, 6) is -24.1. The number of alkyl carbamates (subject to hydrolysis) is 1. The van der Waals surface area contributed by atoms with E-state index in [1.54, 1.807) is 116 Å². The van der Waals surface area contributed by atoms with Crippen molar-refractivity contribution in [3.05, 3.63) is 59.7 Å². The fourth-order valence-electron chi connectivity index (χ4n) is 13.5. The molecule has 1 aliphatic rings. The summed E-state index contributed by atoms with van der Waals surface area (Å²) in [6.07, 6.45) is -11.0. The van der Waals surface area contributed by atoms with Gasteiger partial charge in [0, 0.05) is 57.3 Å². The number of carboxylic acids is 1. The van der Waals surface area contributed by atoms with Crippen LogP contribution in [-0.4, -0.2) is 281 Å². The minimum Gasteiger partial charge on any atom is -0.480 e. The number of carbonyl (C=O) groups excluding carboxylic acids is 22. The van der Waals surface area contributed by atoms with E-state index in [1.165, 1.54) is 62.3 Å². The Labute approximate surface area is 849 Å². The Morgan fingerprint density at radius 2 is 0.466 bits per heavy atom. The van der Waals surface area contributed by atoms with Crippen molar-refractivity contribution in [2.75, 3.05) is 45.9 Å². The van der Waals surface area contributed by atoms with Gasteiger partial charge in [0.25, 0.3) is 0 Å². The molecule has 0 bridgehead atoms. The summed E-state index contributed by atoms with van der Waals surface area (Å²) in [6.45, 7) is 31.5. The maximum atomic E-state index is 15.5. The van der Waals surface area contributed by atoms with Gasteiger partial charge >= 0.3 is 59.8 Å². The second-order valence-electron chi connectivity index (χ2n) is 42.5. The molecule has 146 heavy (non-hydrogen) atoms. The minimum absolute atomic E-state index is 0.229. The highest BCUT2D eigenvalue weighted by Gasteiger charge is 2.39. The van der Waals surface area contributed by atoms with E-state index < -0.39 is 352 Å². The van der Waals surface area contributed by atoms with Crippen LogP contribution in [0.3, 0.4) is 0 Å². The molecular weight excluding hydrogens is 1910 g/mol. The summed E-state index contributed by atoms with van der Waals surface area (Å²) >= 11 is 0. The molecule has 2 aromatic rings. The van der Waals surface area contributed by atoms with Crippen LogP contribution in [0.2, 0.25) is 0 Å². The van der Waals surface area contributed by atoms with Crippen molar-refractivity contribution in [1.82, 2.24) is 74.4 Å². The largest absolute Gasteiger partial charge is 0.480 e. The number of hydrogen-bond donors (Lipinski definition) is 15. The van der Waals surface area contributed by atoms with Crippen molar-refractivity contribution in [3.63, 3.8) is 0 Å². The van der Waals surface area contributed by atoms with E-state index in [1.807, 2.05) is 36.4 Å². The van der Waals surface area contributed by atoms with Gasteiger partial charge in [-0.05, 0) is 240 Å². The van der Waals surface area contributed by atoms with Crippen LogP contribution >= 0.6 is 0 Å². The van der Waals surface area contributed by atoms with Gasteiger partial charge in [-0.3, -0.25) is 86.3 Å². The number of rotatable bonds is 54. The first-order valence-electron chi connectivity index (χ1n) is 48.0. The molecule has 0 spiro atoms. The first-order valence-corrected chi connectivity index (χ1v) is 48.0. The Balaban J connectivity index is 2.31. The number of aliphatic carboxylic acids is 1. The van der Waals surface area contributed by atoms with Crippen molar-refractivity contribution in [1.29, 1.82) is 0 Å². The molecule has 2 aromatic carbocycles. The molecule has 47 heteroatoms. The van der Waals surface area contributed by atoms with E-state index in [2.05, 4.69) is 74.4 Å². The van der Waals surface area contributed by atoms with Crippen LogP contribution in [0.1, 0.15) is 286 Å². The molecule has 14 amide bonds. The van der Waals surface area contributed by atoms with E-state index in [0.29, 0.717) is 0 Å². The molecule has 8 atom stereocenters. The summed E-state index contributed by atoms with van der Waals surface area (Å²) < 4.78 is 49.1. The molecule has 47 nitrogen and oxygen atoms in total. The standard InChI is InChI=1S/C99H150N14O33/c1-92(2,3)139-79(125)45-37-65(87(133)143-96(13,14)15)108-73(118)49-100-69(114)41-33-61(83(129)103-51-75(120)110-67(89(135)145-98(19,20)21)39-47-81(127)141-94(7,8)9)106-72(117)44-36-64(113-85(131)63(35-43-71(116)102-54-78(123)124)107-77(122)53-105-91(137)138-55-60-58-31-27-25-29-56(58)57-30-26-28-32-59(57)60)86(132)112-62(84(130)104-52-76(121)111-68(90(136)146-99(22,23)24)40-48-82(128)142-95(10,11)12)34-42-70(115)101-50-74(119)109-66(88(134)144-97(16,17)18)38-46-80(126)140-93(4,5)6/h25-32,60-68H,33-55H2,1-24H3,(H,100,114)(H,101,115)(H,102,116)(H,103,129)(H,104,130)(H,105,137)(H,106,117)(H,107,122)(H,108,118)(H,109,119)(H,110,120)(H,111,121)(H,112,132)(H,113,131)(H,123,124). The zero-order chi connectivity index (χ0) is 111. The molecule has 0 radical (unpaired) electrons. The fraction of sp³-hybridized carbons (Fsp3) is 0.646. The quantitative estimate of drug-likeness (QED) is 0.0334. The van der Waals surface area contributed by atoms with Gasteiger partial charge in [-0.2, -0.15) is 0 Å². The molecule has 814 valence electrons. The summed E-state index contributed by atoms with van der Waals surface area (Å²) in [6, 6.07) is 0.412. The van der Waals surface area contributed by atoms with Crippen molar-refractivity contribution in [2.24, 2.45) is 0 Å². The predicted molar refractivity (Wildman–Crippen MR) is 522 cm³/mol. The van der Waals surface area contributed by atoms with Crippen LogP contribution in [0, 0.1) is 0 Å². The second-order valence-corrected chi connectivity index (χ2v) is 42.5. The maximum Gasteiger partial charge on any atom is 0.407 e. The maximum absolute atomic E-state index is 15.5. The zero-order valence-corrected chi connectivity index (χ0v) is 88.1. The topological polar surface area (TPSA) is 664 Å². The SMILES string of the molecule is CC(C)(C)OC(=O)CCC(NC(=O)CNC(=O)CCC(NC(=O)CCC(NC(=O)C(CCC(=O)NCC(=O)O)NC(=O)CNC(=O)OCC1c2ccccc2-c2ccccc21)C(=O)NC(CCC(=O)NCC(=O)NC(CCC(=O)OC(C)(C)C)C(=O)OC(C)(C)C)C(=O)NCC(=O)NC(CCC(=O)OC(C)(C)C)C(=O)OC(C)(C)C)C(=O)NCC(=O)NC(CCC(=O)OC(C)(C)C)C(=O)OC(C)(C)C)C(=O)OC(C)(C)C. The summed E-state index contributed by atoms with van der Waals surface area (Å²) in [7, 11) is 0. The Morgan fingerprint density at radius 1 is 0.247 bits per heavy atom. The molecule has 0 heterocycles. The van der Waals surface area contributed by atoms with Crippen LogP contribution < -0.4 is 74.4 Å². The first-order chi connectivity index (χ1) is 67.2. The first kappa shape index (κ1) is 126. The average molecular weight is 2060 g/mol. The highest BCUT2D eigenvalue weighted by molar-refractivity contribution is 5.99. The Kier molecular flexibility index (Phi) is 49.8. The van der Waals surface area contributed by atoms with Crippen molar-refractivity contribution in [3.8, 4) is 11.1 Å². The summed E-state index contributed by atoms with van der Waals surface area (Å²) in [5.41, 5.74) is -4.89. The number of carbonyl (C=O) groups is 23. The molecule has 1 aliphatic carbocycles. The smallest absolute Gasteiger partial charge is 0.407 e. The van der Waals surface area contributed by atoms with Crippen LogP contribution in [-0.2, 0) is 148 Å². The minimum atomic E-state index is -2.22. The van der Waals surface area contributed by atoms with Crippen LogP contribution in [0.5, 0.6) is 0 Å². The lowest BCUT2D eigenvalue weighted by Gasteiger charge is -2.26. The predicted octanol–water partition coefficient (Wildman–Crippen LogP) is 3.04. The zero-order valence-electron chi connectivity index (χ0n) is 88.1. The van der Waals surface area contributed by atoms with Gasteiger partial charge in [0.05, 0.1) is 26.2 Å². The third kappa shape index (κ3) is 54.7. The number of carboxylic acid groups (broad SMARTS) is 1. The molecule has 8 unspecified atom stereocenters. The normalized spacial score (nSPS) is 13.7. The van der Waals surface area contributed by atoms with Gasteiger partial charge in [0.1, 0.15) is 113 Å². The van der Waals surface area contributed by atoms with Crippen molar-refractivity contribution < 1.29 is 158 Å². The number of nitrogens with one attached hydrogen (secondary N) is 14. The van der Waals surface area contributed by atoms with Gasteiger partial charge in [-0.15, -0.1) is 0 Å². The molecule has 0 saturated carbocycles. The molecule has 0 aliphatic heterocycles. The van der Waals surface area contributed by atoms with Crippen LogP contribution in [0.25, 0.3) is 11.1 Å².